The smallest absolute Gasteiger partial charge is 0.407 e. The summed E-state index contributed by atoms with van der Waals surface area (Å²) in [5.74, 6) is -0.0847. The molecule has 1 heterocycles. The number of aromatic nitrogens is 1. The van der Waals surface area contributed by atoms with Gasteiger partial charge in [0.05, 0.1) is 16.0 Å². The molecule has 1 aromatic heterocycles. The summed E-state index contributed by atoms with van der Waals surface area (Å²) in [6.45, 7) is 12.6. The average molecular weight is 663 g/mol. The van der Waals surface area contributed by atoms with Crippen molar-refractivity contribution < 1.29 is 23.8 Å². The Balaban J connectivity index is 1.42. The molecular weight excluding hydrogens is 621 g/mol. The van der Waals surface area contributed by atoms with Gasteiger partial charge in [0.25, 0.3) is 5.19 Å². The van der Waals surface area contributed by atoms with Crippen molar-refractivity contribution in [1.82, 2.24) is 15.2 Å². The van der Waals surface area contributed by atoms with Crippen molar-refractivity contribution in [3.8, 4) is 10.9 Å². The molecule has 3 aromatic rings. The first kappa shape index (κ1) is 33.9. The Hall–Kier alpha value is -3.01. The first-order chi connectivity index (χ1) is 20.8. The first-order valence-electron chi connectivity index (χ1n) is 14.8. The highest BCUT2D eigenvalue weighted by Crippen LogP contribution is 2.34. The van der Waals surface area contributed by atoms with Crippen molar-refractivity contribution in [2.45, 2.75) is 79.0 Å². The van der Waals surface area contributed by atoms with E-state index in [0.717, 1.165) is 28.8 Å². The molecule has 4 rings (SSSR count). The molecule has 8 nitrogen and oxygen atoms in total. The maximum absolute atomic E-state index is 14.1. The molecule has 238 valence electrons. The molecule has 1 fully saturated rings. The average Bonchev–Trinajstić information content (AvgIpc) is 3.68. The van der Waals surface area contributed by atoms with Crippen molar-refractivity contribution in [2.24, 2.45) is 5.92 Å². The third-order valence-corrected chi connectivity index (χ3v) is 8.74. The Morgan fingerprint density at radius 3 is 2.43 bits per heavy atom. The number of rotatable bonds is 13. The fourth-order valence-electron chi connectivity index (χ4n) is 4.73. The van der Waals surface area contributed by atoms with E-state index in [0.29, 0.717) is 34.0 Å². The molecule has 0 saturated heterocycles. The monoisotopic (exact) mass is 661 g/mol. The van der Waals surface area contributed by atoms with Crippen LogP contribution in [0.3, 0.4) is 0 Å². The molecular formula is C33H41Cl2N3O5S. The summed E-state index contributed by atoms with van der Waals surface area (Å²) in [4.78, 5) is 33.9. The lowest BCUT2D eigenvalue weighted by Gasteiger charge is -2.29. The van der Waals surface area contributed by atoms with E-state index in [2.05, 4.69) is 36.3 Å². The molecule has 0 radical (unpaired) electrons. The van der Waals surface area contributed by atoms with Crippen LogP contribution in [0, 0.1) is 26.7 Å². The molecule has 0 spiro atoms. The van der Waals surface area contributed by atoms with Gasteiger partial charge in [0.15, 0.2) is 5.75 Å². The second kappa shape index (κ2) is 14.8. The van der Waals surface area contributed by atoms with Crippen LogP contribution < -0.4 is 14.8 Å². The Kier molecular flexibility index (Phi) is 11.4. The van der Waals surface area contributed by atoms with Crippen LogP contribution in [0.15, 0.2) is 36.5 Å². The summed E-state index contributed by atoms with van der Waals surface area (Å²) in [7, 11) is 0. The molecule has 0 aliphatic heterocycles. The predicted molar refractivity (Wildman–Crippen MR) is 175 cm³/mol. The number of nitrogens with zero attached hydrogens (tertiary/aromatic N) is 2. The number of ether oxygens (including phenoxy) is 3. The van der Waals surface area contributed by atoms with Crippen LogP contribution in [-0.4, -0.2) is 53.3 Å². The highest BCUT2D eigenvalue weighted by Gasteiger charge is 2.36. The van der Waals surface area contributed by atoms with E-state index < -0.39 is 17.6 Å². The van der Waals surface area contributed by atoms with Crippen LogP contribution in [0.1, 0.15) is 60.7 Å². The molecule has 1 saturated carbocycles. The van der Waals surface area contributed by atoms with Gasteiger partial charge in [0, 0.05) is 30.2 Å². The number of hydrogen-bond acceptors (Lipinski definition) is 7. The Bertz CT molecular complexity index is 1440. The number of nitrogens with one attached hydrogen (secondary N) is 1. The van der Waals surface area contributed by atoms with Crippen LogP contribution in [0.2, 0.25) is 10.0 Å². The Morgan fingerprint density at radius 1 is 1.09 bits per heavy atom. The number of alkyl carbamates (subject to hydrolysis) is 1. The first-order valence-corrected chi connectivity index (χ1v) is 16.4. The SMILES string of the molecule is Cc1cc(Cl)c(OCCOc2ncc(CC(CNC(=O)OC(C)(C)C)C(=O)N(Cc3cccc(C)c3C)C3CC3)s2)c(Cl)c1. The van der Waals surface area contributed by atoms with Crippen LogP contribution in [-0.2, 0) is 22.5 Å². The molecule has 2 amide bonds. The van der Waals surface area contributed by atoms with Gasteiger partial charge >= 0.3 is 6.09 Å². The molecule has 1 N–H and O–H groups in total. The van der Waals surface area contributed by atoms with Gasteiger partial charge in [0.1, 0.15) is 18.8 Å². The zero-order valence-corrected chi connectivity index (χ0v) is 28.5. The van der Waals surface area contributed by atoms with Crippen molar-refractivity contribution >= 4 is 46.5 Å². The molecule has 1 unspecified atom stereocenters. The lowest BCUT2D eigenvalue weighted by molar-refractivity contribution is -0.136. The topological polar surface area (TPSA) is 90.0 Å². The molecule has 1 aliphatic rings. The number of aryl methyl sites for hydroxylation is 2. The van der Waals surface area contributed by atoms with E-state index in [1.165, 1.54) is 22.5 Å². The summed E-state index contributed by atoms with van der Waals surface area (Å²) in [5.41, 5.74) is 3.82. The summed E-state index contributed by atoms with van der Waals surface area (Å²) in [6, 6.07) is 9.97. The minimum absolute atomic E-state index is 0.000545. The summed E-state index contributed by atoms with van der Waals surface area (Å²) < 4.78 is 17.0. The predicted octanol–water partition coefficient (Wildman–Crippen LogP) is 7.71. The van der Waals surface area contributed by atoms with E-state index in [1.807, 2.05) is 38.7 Å². The largest absolute Gasteiger partial charge is 0.487 e. The number of benzene rings is 2. The van der Waals surface area contributed by atoms with Gasteiger partial charge in [-0.15, -0.1) is 0 Å². The third kappa shape index (κ3) is 9.74. The highest BCUT2D eigenvalue weighted by atomic mass is 35.5. The standard InChI is InChI=1S/C33H41Cl2N3O5S/c1-20-14-27(34)29(28(35)15-20)41-12-13-42-32-37-18-26(44-32)16-24(17-36-31(40)43-33(4,5)6)30(39)38(25-10-11-25)19-23-9-7-8-21(2)22(23)3/h7-9,14-15,18,24-25H,10-13,16-17,19H2,1-6H3,(H,36,40). The number of thiazole rings is 1. The van der Waals surface area contributed by atoms with E-state index in [9.17, 15) is 9.59 Å². The van der Waals surface area contributed by atoms with Crippen molar-refractivity contribution in [2.75, 3.05) is 19.8 Å². The van der Waals surface area contributed by atoms with Crippen LogP contribution in [0.25, 0.3) is 0 Å². The number of carbonyl (C=O) groups is 2. The van der Waals surface area contributed by atoms with Gasteiger partial charge in [-0.25, -0.2) is 9.78 Å². The molecule has 44 heavy (non-hydrogen) atoms. The van der Waals surface area contributed by atoms with E-state index >= 15 is 0 Å². The number of halogens is 2. The molecule has 1 aliphatic carbocycles. The second-order valence-electron chi connectivity index (χ2n) is 12.2. The van der Waals surface area contributed by atoms with Crippen LogP contribution in [0.4, 0.5) is 4.79 Å². The maximum Gasteiger partial charge on any atom is 0.407 e. The van der Waals surface area contributed by atoms with E-state index in [1.54, 1.807) is 18.3 Å². The molecule has 1 atom stereocenters. The van der Waals surface area contributed by atoms with Gasteiger partial charge in [-0.2, -0.15) is 0 Å². The Labute approximate surface area is 274 Å². The number of hydrogen-bond donors (Lipinski definition) is 1. The zero-order chi connectivity index (χ0) is 32.0. The van der Waals surface area contributed by atoms with Gasteiger partial charge in [-0.1, -0.05) is 52.7 Å². The van der Waals surface area contributed by atoms with E-state index in [4.69, 9.17) is 37.4 Å². The van der Waals surface area contributed by atoms with Crippen LogP contribution >= 0.6 is 34.5 Å². The van der Waals surface area contributed by atoms with E-state index in [-0.39, 0.29) is 31.7 Å². The number of amides is 2. The highest BCUT2D eigenvalue weighted by molar-refractivity contribution is 7.13. The van der Waals surface area contributed by atoms with Crippen molar-refractivity contribution in [3.05, 3.63) is 73.7 Å². The quantitative estimate of drug-likeness (QED) is 0.189. The Morgan fingerprint density at radius 2 is 1.77 bits per heavy atom. The molecule has 11 heteroatoms. The van der Waals surface area contributed by atoms with Gasteiger partial charge in [-0.3, -0.25) is 4.79 Å². The fraction of sp³-hybridized carbons (Fsp3) is 0.485. The van der Waals surface area contributed by atoms with Crippen molar-refractivity contribution in [3.63, 3.8) is 0 Å². The zero-order valence-electron chi connectivity index (χ0n) is 26.2. The minimum Gasteiger partial charge on any atom is -0.487 e. The van der Waals surface area contributed by atoms with Gasteiger partial charge in [0.2, 0.25) is 5.91 Å². The fourth-order valence-corrected chi connectivity index (χ4v) is 6.30. The maximum atomic E-state index is 14.1. The van der Waals surface area contributed by atoms with Gasteiger partial charge < -0.3 is 24.4 Å². The summed E-state index contributed by atoms with van der Waals surface area (Å²) in [5, 5.41) is 4.17. The normalized spacial score (nSPS) is 13.7. The number of carbonyl (C=O) groups excluding carboxylic acids is 2. The molecule has 0 bridgehead atoms. The van der Waals surface area contributed by atoms with Gasteiger partial charge in [-0.05, 0) is 95.2 Å². The lowest BCUT2D eigenvalue weighted by Crippen LogP contribution is -2.44. The van der Waals surface area contributed by atoms with Crippen LogP contribution in [0.5, 0.6) is 10.9 Å². The summed E-state index contributed by atoms with van der Waals surface area (Å²) >= 11 is 13.9. The second-order valence-corrected chi connectivity index (χ2v) is 14.1. The minimum atomic E-state index is -0.643. The lowest BCUT2D eigenvalue weighted by atomic mass is 10.00. The third-order valence-electron chi connectivity index (χ3n) is 7.25. The summed E-state index contributed by atoms with van der Waals surface area (Å²) in [6.07, 6.45) is 3.51. The van der Waals surface area contributed by atoms with Crippen molar-refractivity contribution in [1.29, 1.82) is 0 Å². The molecule has 2 aromatic carbocycles.